The molecule has 2 N–H and O–H groups in total. The molecule has 2 aromatic heterocycles. The van der Waals surface area contributed by atoms with Crippen LogP contribution in [-0.2, 0) is 6.61 Å². The summed E-state index contributed by atoms with van der Waals surface area (Å²) in [4.78, 5) is 16.4. The summed E-state index contributed by atoms with van der Waals surface area (Å²) in [7, 11) is 0. The minimum atomic E-state index is -0.461. The lowest BCUT2D eigenvalue weighted by atomic mass is 10.3. The van der Waals surface area contributed by atoms with Gasteiger partial charge in [-0.05, 0) is 32.0 Å². The van der Waals surface area contributed by atoms with E-state index < -0.39 is 17.8 Å². The minimum absolute atomic E-state index is 0.0126. The van der Waals surface area contributed by atoms with E-state index in [1.54, 1.807) is 13.8 Å². The number of ether oxygens (including phenoxy) is 1. The number of halogens is 2. The van der Waals surface area contributed by atoms with Crippen molar-refractivity contribution in [1.29, 1.82) is 0 Å². The Morgan fingerprint density at radius 2 is 2.27 bits per heavy atom. The molecule has 0 aliphatic carbocycles. The summed E-state index contributed by atoms with van der Waals surface area (Å²) in [6.45, 7) is 3.50. The molecule has 1 amide bonds. The summed E-state index contributed by atoms with van der Waals surface area (Å²) in [6, 6.07) is 4.82. The Bertz CT molecular complexity index is 926. The molecule has 3 aromatic rings. The third-order valence-corrected chi connectivity index (χ3v) is 3.70. The summed E-state index contributed by atoms with van der Waals surface area (Å²) >= 11 is 5.88. The average molecular weight is 380 g/mol. The number of nitrogens with zero attached hydrogens (tertiary/aromatic N) is 3. The average Bonchev–Trinajstić information content (AvgIpc) is 3.23. The van der Waals surface area contributed by atoms with E-state index in [2.05, 4.69) is 25.7 Å². The van der Waals surface area contributed by atoms with Gasteiger partial charge in [-0.2, -0.15) is 5.10 Å². The van der Waals surface area contributed by atoms with Crippen molar-refractivity contribution in [3.63, 3.8) is 0 Å². The molecular weight excluding hydrogens is 365 g/mol. The monoisotopic (exact) mass is 379 g/mol. The van der Waals surface area contributed by atoms with Crippen LogP contribution >= 0.6 is 11.6 Å². The van der Waals surface area contributed by atoms with Crippen molar-refractivity contribution in [2.75, 3.05) is 0 Å². The maximum Gasteiger partial charge on any atom is 0.274 e. The number of carbonyl (C=O) groups is 1. The van der Waals surface area contributed by atoms with Crippen molar-refractivity contribution in [3.05, 3.63) is 58.2 Å². The number of hydrogen-bond donors (Lipinski definition) is 2. The maximum absolute atomic E-state index is 13.0. The molecule has 0 saturated heterocycles. The molecule has 3 rings (SSSR count). The highest BCUT2D eigenvalue weighted by atomic mass is 35.5. The van der Waals surface area contributed by atoms with E-state index in [1.807, 2.05) is 0 Å². The number of aromatic amines is 1. The first kappa shape index (κ1) is 17.9. The molecule has 0 bridgehead atoms. The molecule has 0 radical (unpaired) electrons. The molecular formula is C16H15ClFN5O3. The van der Waals surface area contributed by atoms with Crippen LogP contribution in [0.25, 0.3) is 0 Å². The highest BCUT2D eigenvalue weighted by Crippen LogP contribution is 2.25. The first-order valence-electron chi connectivity index (χ1n) is 7.65. The number of nitrogens with one attached hydrogen (secondary N) is 2. The van der Waals surface area contributed by atoms with Crippen LogP contribution in [-0.4, -0.2) is 26.2 Å². The summed E-state index contributed by atoms with van der Waals surface area (Å²) in [5, 5.41) is 13.3. The molecule has 0 saturated carbocycles. The van der Waals surface area contributed by atoms with Gasteiger partial charge in [0.1, 0.15) is 24.0 Å². The fourth-order valence-corrected chi connectivity index (χ4v) is 2.34. The van der Waals surface area contributed by atoms with Gasteiger partial charge in [-0.3, -0.25) is 9.89 Å². The van der Waals surface area contributed by atoms with Crippen molar-refractivity contribution in [2.24, 2.45) is 0 Å². The van der Waals surface area contributed by atoms with Crippen molar-refractivity contribution in [3.8, 4) is 5.75 Å². The van der Waals surface area contributed by atoms with Crippen LogP contribution in [0.4, 0.5) is 4.39 Å². The smallest absolute Gasteiger partial charge is 0.274 e. The molecule has 8 nitrogen and oxygen atoms in total. The zero-order valence-corrected chi connectivity index (χ0v) is 14.7. The summed E-state index contributed by atoms with van der Waals surface area (Å²) in [5.74, 6) is 0.836. The molecule has 0 spiro atoms. The largest absolute Gasteiger partial charge is 0.484 e. The van der Waals surface area contributed by atoms with Gasteiger partial charge in [0.05, 0.1) is 11.1 Å². The van der Waals surface area contributed by atoms with Crippen LogP contribution in [0.5, 0.6) is 5.75 Å². The Kier molecular flexibility index (Phi) is 5.17. The number of benzene rings is 1. The lowest BCUT2D eigenvalue weighted by Crippen LogP contribution is -2.27. The highest BCUT2D eigenvalue weighted by Gasteiger charge is 2.18. The molecule has 26 heavy (non-hydrogen) atoms. The van der Waals surface area contributed by atoms with Crippen LogP contribution in [0.3, 0.4) is 0 Å². The van der Waals surface area contributed by atoms with E-state index in [9.17, 15) is 9.18 Å². The molecule has 2 heterocycles. The Morgan fingerprint density at radius 1 is 1.46 bits per heavy atom. The third-order valence-electron chi connectivity index (χ3n) is 3.40. The molecule has 0 aliphatic heterocycles. The number of amides is 1. The molecule has 10 heteroatoms. The van der Waals surface area contributed by atoms with Gasteiger partial charge in [0.15, 0.2) is 17.3 Å². The van der Waals surface area contributed by atoms with Gasteiger partial charge >= 0.3 is 0 Å². The van der Waals surface area contributed by atoms with Crippen LogP contribution < -0.4 is 10.1 Å². The van der Waals surface area contributed by atoms with E-state index in [0.717, 1.165) is 6.07 Å². The Balaban J connectivity index is 1.59. The van der Waals surface area contributed by atoms with Crippen LogP contribution in [0.1, 0.15) is 40.9 Å². The fraction of sp³-hybridized carbons (Fsp3) is 0.250. The molecule has 1 atom stereocenters. The lowest BCUT2D eigenvalue weighted by Gasteiger charge is -2.08. The second-order valence-corrected chi connectivity index (χ2v) is 5.92. The zero-order valence-electron chi connectivity index (χ0n) is 13.9. The normalized spacial score (nSPS) is 12.0. The number of carbonyl (C=O) groups excluding carboxylic acids is 1. The van der Waals surface area contributed by atoms with Crippen LogP contribution in [0, 0.1) is 12.7 Å². The lowest BCUT2D eigenvalue weighted by molar-refractivity contribution is 0.0929. The summed E-state index contributed by atoms with van der Waals surface area (Å²) in [6.07, 6.45) is 0. The number of aryl methyl sites for hydroxylation is 1. The van der Waals surface area contributed by atoms with E-state index in [-0.39, 0.29) is 17.3 Å². The number of H-pyrrole nitrogens is 1. The van der Waals surface area contributed by atoms with Gasteiger partial charge in [0, 0.05) is 6.07 Å². The first-order chi connectivity index (χ1) is 12.4. The van der Waals surface area contributed by atoms with Crippen LogP contribution in [0.2, 0.25) is 5.02 Å². The Labute approximate surface area is 152 Å². The van der Waals surface area contributed by atoms with E-state index in [4.69, 9.17) is 20.9 Å². The van der Waals surface area contributed by atoms with Crippen molar-refractivity contribution >= 4 is 17.5 Å². The number of rotatable bonds is 6. The maximum atomic E-state index is 13.0. The molecule has 0 fully saturated rings. The summed E-state index contributed by atoms with van der Waals surface area (Å²) in [5.41, 5.74) is 0.0907. The van der Waals surface area contributed by atoms with Gasteiger partial charge < -0.3 is 14.6 Å². The molecule has 1 aromatic carbocycles. The van der Waals surface area contributed by atoms with Gasteiger partial charge in [-0.25, -0.2) is 9.37 Å². The molecule has 0 aliphatic rings. The topological polar surface area (TPSA) is 106 Å². The number of hydrogen-bond acceptors (Lipinski definition) is 6. The first-order valence-corrected chi connectivity index (χ1v) is 8.03. The van der Waals surface area contributed by atoms with E-state index in [0.29, 0.717) is 23.2 Å². The minimum Gasteiger partial charge on any atom is -0.484 e. The second kappa shape index (κ2) is 7.52. The van der Waals surface area contributed by atoms with E-state index in [1.165, 1.54) is 18.2 Å². The van der Waals surface area contributed by atoms with Crippen molar-refractivity contribution in [1.82, 2.24) is 25.7 Å². The standard InChI is InChI=1S/C16H15ClFN5O3/c1-8(15-20-9(2)21-22-15)19-16(24)13-6-11(26-23-13)7-25-14-4-3-10(18)5-12(14)17/h3-6,8H,7H2,1-2H3,(H,19,24)(H,20,21,22). The fourth-order valence-electron chi connectivity index (χ4n) is 2.12. The second-order valence-electron chi connectivity index (χ2n) is 5.52. The van der Waals surface area contributed by atoms with Gasteiger partial charge in [0.25, 0.3) is 5.91 Å². The predicted molar refractivity (Wildman–Crippen MR) is 89.2 cm³/mol. The zero-order chi connectivity index (χ0) is 18.7. The van der Waals surface area contributed by atoms with E-state index >= 15 is 0 Å². The Hall–Kier alpha value is -2.94. The quantitative estimate of drug-likeness (QED) is 0.682. The van der Waals surface area contributed by atoms with Crippen molar-refractivity contribution in [2.45, 2.75) is 26.5 Å². The SMILES string of the molecule is Cc1nc(C(C)NC(=O)c2cc(COc3ccc(F)cc3Cl)on2)n[nH]1. The van der Waals surface area contributed by atoms with Crippen molar-refractivity contribution < 1.29 is 18.4 Å². The summed E-state index contributed by atoms with van der Waals surface area (Å²) < 4.78 is 23.5. The third kappa shape index (κ3) is 4.17. The predicted octanol–water partition coefficient (Wildman–Crippen LogP) is 2.96. The highest BCUT2D eigenvalue weighted by molar-refractivity contribution is 6.32. The van der Waals surface area contributed by atoms with Gasteiger partial charge in [-0.1, -0.05) is 16.8 Å². The van der Waals surface area contributed by atoms with Gasteiger partial charge in [0.2, 0.25) is 0 Å². The molecule has 136 valence electrons. The Morgan fingerprint density at radius 3 is 2.96 bits per heavy atom. The molecule has 1 unspecified atom stereocenters. The van der Waals surface area contributed by atoms with Gasteiger partial charge in [-0.15, -0.1) is 0 Å². The van der Waals surface area contributed by atoms with Crippen LogP contribution in [0.15, 0.2) is 28.8 Å². The number of aromatic nitrogens is 4.